The fourth-order valence-corrected chi connectivity index (χ4v) is 4.48. The highest BCUT2D eigenvalue weighted by Gasteiger charge is 2.37. The molecule has 2 N–H and O–H groups in total. The SMILES string of the molecule is Cn1ccnc1C(NC(=O)NCC1CCN1C1CCCCC1)C1CC1. The number of aromatic nitrogens is 2. The number of carbonyl (C=O) groups is 1. The Morgan fingerprint density at radius 1 is 1.24 bits per heavy atom. The van der Waals surface area contributed by atoms with Crippen molar-refractivity contribution in [1.82, 2.24) is 25.1 Å². The fourth-order valence-electron chi connectivity index (χ4n) is 4.48. The molecule has 2 heterocycles. The molecular formula is C19H31N5O. The largest absolute Gasteiger partial charge is 0.337 e. The highest BCUT2D eigenvalue weighted by molar-refractivity contribution is 5.74. The third-order valence-electron chi connectivity index (χ3n) is 6.25. The maximum absolute atomic E-state index is 12.4. The molecule has 6 heteroatoms. The third-order valence-corrected chi connectivity index (χ3v) is 6.25. The van der Waals surface area contributed by atoms with Gasteiger partial charge in [-0.15, -0.1) is 0 Å². The lowest BCUT2D eigenvalue weighted by atomic mass is 9.89. The Balaban J connectivity index is 1.26. The van der Waals surface area contributed by atoms with Crippen molar-refractivity contribution in [2.45, 2.75) is 69.5 Å². The summed E-state index contributed by atoms with van der Waals surface area (Å²) in [6.07, 6.45) is 14.1. The van der Waals surface area contributed by atoms with Gasteiger partial charge in [-0.1, -0.05) is 19.3 Å². The van der Waals surface area contributed by atoms with Crippen molar-refractivity contribution in [1.29, 1.82) is 0 Å². The predicted molar refractivity (Wildman–Crippen MR) is 97.2 cm³/mol. The second kappa shape index (κ2) is 7.36. The zero-order valence-electron chi connectivity index (χ0n) is 15.3. The second-order valence-electron chi connectivity index (χ2n) is 8.04. The summed E-state index contributed by atoms with van der Waals surface area (Å²) in [5, 5.41) is 6.29. The van der Waals surface area contributed by atoms with E-state index < -0.39 is 0 Å². The van der Waals surface area contributed by atoms with E-state index in [9.17, 15) is 4.79 Å². The van der Waals surface area contributed by atoms with E-state index in [4.69, 9.17) is 0 Å². The number of imidazole rings is 1. The van der Waals surface area contributed by atoms with Gasteiger partial charge in [0.05, 0.1) is 6.04 Å². The average Bonchev–Trinajstić information content (AvgIpc) is 3.34. The minimum absolute atomic E-state index is 0.0378. The van der Waals surface area contributed by atoms with Crippen LogP contribution in [-0.4, -0.2) is 45.7 Å². The van der Waals surface area contributed by atoms with E-state index in [-0.39, 0.29) is 12.1 Å². The first-order chi connectivity index (χ1) is 12.2. The van der Waals surface area contributed by atoms with Crippen molar-refractivity contribution >= 4 is 6.03 Å². The summed E-state index contributed by atoms with van der Waals surface area (Å²) in [7, 11) is 1.99. The first-order valence-corrected chi connectivity index (χ1v) is 9.99. The van der Waals surface area contributed by atoms with Crippen LogP contribution in [0.25, 0.3) is 0 Å². The lowest BCUT2D eigenvalue weighted by Crippen LogP contribution is -2.58. The number of likely N-dealkylation sites (tertiary alicyclic amines) is 1. The topological polar surface area (TPSA) is 62.2 Å². The van der Waals surface area contributed by atoms with E-state index in [1.807, 2.05) is 17.8 Å². The molecule has 0 spiro atoms. The molecule has 6 nitrogen and oxygen atoms in total. The van der Waals surface area contributed by atoms with E-state index in [0.717, 1.165) is 18.4 Å². The lowest BCUT2D eigenvalue weighted by molar-refractivity contribution is 0.0255. The van der Waals surface area contributed by atoms with Gasteiger partial charge < -0.3 is 15.2 Å². The van der Waals surface area contributed by atoms with Crippen molar-refractivity contribution < 1.29 is 4.79 Å². The molecule has 1 aromatic rings. The van der Waals surface area contributed by atoms with E-state index in [0.29, 0.717) is 12.0 Å². The van der Waals surface area contributed by atoms with Crippen LogP contribution in [0, 0.1) is 5.92 Å². The Morgan fingerprint density at radius 3 is 2.64 bits per heavy atom. The summed E-state index contributed by atoms with van der Waals surface area (Å²) >= 11 is 0. The molecule has 2 saturated carbocycles. The fraction of sp³-hybridized carbons (Fsp3) is 0.789. The average molecular weight is 345 g/mol. The van der Waals surface area contributed by atoms with Gasteiger partial charge in [-0.05, 0) is 38.0 Å². The molecule has 2 aliphatic carbocycles. The number of hydrogen-bond acceptors (Lipinski definition) is 3. The quantitative estimate of drug-likeness (QED) is 0.833. The van der Waals surface area contributed by atoms with Crippen LogP contribution in [0.15, 0.2) is 12.4 Å². The molecule has 1 aliphatic heterocycles. The molecule has 2 unspecified atom stereocenters. The van der Waals surface area contributed by atoms with E-state index in [1.165, 1.54) is 57.9 Å². The molecule has 0 bridgehead atoms. The molecule has 1 saturated heterocycles. The second-order valence-corrected chi connectivity index (χ2v) is 8.04. The predicted octanol–water partition coefficient (Wildman–Crippen LogP) is 2.58. The summed E-state index contributed by atoms with van der Waals surface area (Å²) in [6.45, 7) is 1.97. The molecular weight excluding hydrogens is 314 g/mol. The van der Waals surface area contributed by atoms with Gasteiger partial charge in [0.2, 0.25) is 0 Å². The van der Waals surface area contributed by atoms with Crippen molar-refractivity contribution in [3.05, 3.63) is 18.2 Å². The number of nitrogens with one attached hydrogen (secondary N) is 2. The Kier molecular flexibility index (Phi) is 4.97. The van der Waals surface area contributed by atoms with Gasteiger partial charge in [0, 0.05) is 44.6 Å². The minimum Gasteiger partial charge on any atom is -0.337 e. The number of aryl methyl sites for hydroxylation is 1. The van der Waals surface area contributed by atoms with Gasteiger partial charge in [0.25, 0.3) is 0 Å². The maximum Gasteiger partial charge on any atom is 0.315 e. The maximum atomic E-state index is 12.4. The van der Waals surface area contributed by atoms with Crippen LogP contribution in [-0.2, 0) is 7.05 Å². The van der Waals surface area contributed by atoms with Gasteiger partial charge in [0.1, 0.15) is 5.82 Å². The third kappa shape index (κ3) is 3.84. The molecule has 2 atom stereocenters. The molecule has 25 heavy (non-hydrogen) atoms. The van der Waals surface area contributed by atoms with Gasteiger partial charge in [-0.3, -0.25) is 4.90 Å². The number of rotatable bonds is 6. The first-order valence-electron chi connectivity index (χ1n) is 9.99. The van der Waals surface area contributed by atoms with Crippen LogP contribution in [0.2, 0.25) is 0 Å². The normalized spacial score (nSPS) is 26.0. The van der Waals surface area contributed by atoms with Crippen LogP contribution >= 0.6 is 0 Å². The van der Waals surface area contributed by atoms with E-state index in [1.54, 1.807) is 6.20 Å². The van der Waals surface area contributed by atoms with Crippen LogP contribution in [0.3, 0.4) is 0 Å². The van der Waals surface area contributed by atoms with E-state index >= 15 is 0 Å². The summed E-state index contributed by atoms with van der Waals surface area (Å²) in [4.78, 5) is 19.5. The molecule has 4 rings (SSSR count). The minimum atomic E-state index is -0.0459. The lowest BCUT2D eigenvalue weighted by Gasteiger charge is -2.47. The van der Waals surface area contributed by atoms with Crippen molar-refractivity contribution in [2.75, 3.05) is 13.1 Å². The molecule has 2 amide bonds. The van der Waals surface area contributed by atoms with Gasteiger partial charge in [-0.25, -0.2) is 9.78 Å². The summed E-state index contributed by atoms with van der Waals surface area (Å²) in [5.41, 5.74) is 0. The zero-order valence-corrected chi connectivity index (χ0v) is 15.3. The molecule has 138 valence electrons. The molecule has 3 aliphatic rings. The first kappa shape index (κ1) is 16.9. The van der Waals surface area contributed by atoms with Crippen LogP contribution < -0.4 is 10.6 Å². The van der Waals surface area contributed by atoms with Gasteiger partial charge in [-0.2, -0.15) is 0 Å². The summed E-state index contributed by atoms with van der Waals surface area (Å²) in [5.74, 6) is 1.50. The van der Waals surface area contributed by atoms with Crippen molar-refractivity contribution in [2.24, 2.45) is 13.0 Å². The van der Waals surface area contributed by atoms with Gasteiger partial charge >= 0.3 is 6.03 Å². The van der Waals surface area contributed by atoms with Crippen LogP contribution in [0.1, 0.15) is 63.2 Å². The number of urea groups is 1. The molecule has 1 aromatic heterocycles. The van der Waals surface area contributed by atoms with Crippen LogP contribution in [0.4, 0.5) is 4.79 Å². The van der Waals surface area contributed by atoms with E-state index in [2.05, 4.69) is 20.5 Å². The smallest absolute Gasteiger partial charge is 0.315 e. The van der Waals surface area contributed by atoms with Crippen molar-refractivity contribution in [3.8, 4) is 0 Å². The Morgan fingerprint density at radius 2 is 2.04 bits per heavy atom. The Labute approximate surface area is 150 Å². The molecule has 0 aromatic carbocycles. The Bertz CT molecular complexity index is 590. The zero-order chi connectivity index (χ0) is 17.2. The monoisotopic (exact) mass is 345 g/mol. The Hall–Kier alpha value is -1.56. The summed E-state index contributed by atoms with van der Waals surface area (Å²) in [6, 6.07) is 1.27. The number of nitrogens with zero attached hydrogens (tertiary/aromatic N) is 3. The number of carbonyl (C=O) groups excluding carboxylic acids is 1. The van der Waals surface area contributed by atoms with Crippen molar-refractivity contribution in [3.63, 3.8) is 0 Å². The standard InChI is InChI=1S/C19H31N5O/c1-23-12-10-20-18(23)17(14-7-8-14)22-19(25)21-13-16-9-11-24(16)15-5-3-2-4-6-15/h10,12,14-17H,2-9,11,13H2,1H3,(H2,21,22,25). The number of amides is 2. The van der Waals surface area contributed by atoms with Crippen LogP contribution in [0.5, 0.6) is 0 Å². The summed E-state index contributed by atoms with van der Waals surface area (Å²) < 4.78 is 2.01. The molecule has 3 fully saturated rings. The number of hydrogen-bond donors (Lipinski definition) is 2. The highest BCUT2D eigenvalue weighted by Crippen LogP contribution is 2.40. The highest BCUT2D eigenvalue weighted by atomic mass is 16.2. The van der Waals surface area contributed by atoms with Gasteiger partial charge in [0.15, 0.2) is 0 Å². The molecule has 0 radical (unpaired) electrons.